The maximum atomic E-state index is 11.9. The largest absolute Gasteiger partial charge is 0.508 e. The normalized spacial score (nSPS) is 23.6. The number of aromatic hydroxyl groups is 2. The maximum Gasteiger partial charge on any atom is 0.251 e. The number of rotatable bonds is 2. The van der Waals surface area contributed by atoms with Gasteiger partial charge < -0.3 is 20.6 Å². The van der Waals surface area contributed by atoms with Crippen LogP contribution in [0.15, 0.2) is 18.2 Å². The van der Waals surface area contributed by atoms with Crippen molar-refractivity contribution in [2.24, 2.45) is 0 Å². The Kier molecular flexibility index (Phi) is 3.72. The van der Waals surface area contributed by atoms with Crippen LogP contribution in [0.3, 0.4) is 0 Å². The number of aliphatic hydroxyl groups is 1. The van der Waals surface area contributed by atoms with Gasteiger partial charge in [0, 0.05) is 11.6 Å². The van der Waals surface area contributed by atoms with Crippen molar-refractivity contribution in [1.82, 2.24) is 5.32 Å². The summed E-state index contributed by atoms with van der Waals surface area (Å²) in [6.45, 7) is 0. The molecule has 0 radical (unpaired) electrons. The molecule has 0 spiro atoms. The van der Waals surface area contributed by atoms with Crippen LogP contribution in [0.4, 0.5) is 0 Å². The predicted octanol–water partition coefficient (Wildman–Crippen LogP) is 1.13. The minimum atomic E-state index is -0.520. The molecule has 0 heterocycles. The molecule has 4 N–H and O–H groups in total. The lowest BCUT2D eigenvalue weighted by Crippen LogP contribution is -2.45. The molecule has 0 aromatic heterocycles. The monoisotopic (exact) mass is 251 g/mol. The van der Waals surface area contributed by atoms with Crippen LogP contribution in [0.2, 0.25) is 0 Å². The Bertz CT molecular complexity index is 426. The van der Waals surface area contributed by atoms with E-state index in [4.69, 9.17) is 0 Å². The van der Waals surface area contributed by atoms with Gasteiger partial charge in [-0.25, -0.2) is 0 Å². The Morgan fingerprint density at radius 1 is 1.11 bits per heavy atom. The molecule has 1 amide bonds. The first-order chi connectivity index (χ1) is 8.56. The van der Waals surface area contributed by atoms with E-state index in [-0.39, 0.29) is 23.1 Å². The molecule has 0 bridgehead atoms. The van der Waals surface area contributed by atoms with E-state index in [1.54, 1.807) is 0 Å². The molecule has 0 saturated heterocycles. The van der Waals surface area contributed by atoms with Crippen molar-refractivity contribution in [3.63, 3.8) is 0 Å². The van der Waals surface area contributed by atoms with E-state index in [2.05, 4.69) is 5.32 Å². The van der Waals surface area contributed by atoms with Gasteiger partial charge >= 0.3 is 0 Å². The van der Waals surface area contributed by atoms with Crippen molar-refractivity contribution in [1.29, 1.82) is 0 Å². The molecule has 1 aromatic carbocycles. The van der Waals surface area contributed by atoms with Crippen LogP contribution in [0.1, 0.15) is 36.0 Å². The molecule has 0 unspecified atom stereocenters. The minimum Gasteiger partial charge on any atom is -0.508 e. The van der Waals surface area contributed by atoms with E-state index in [0.29, 0.717) is 6.42 Å². The summed E-state index contributed by atoms with van der Waals surface area (Å²) in [6.07, 6.45) is 2.87. The average molecular weight is 251 g/mol. The van der Waals surface area contributed by atoms with Crippen molar-refractivity contribution in [2.75, 3.05) is 0 Å². The second kappa shape index (κ2) is 5.27. The van der Waals surface area contributed by atoms with E-state index in [1.165, 1.54) is 12.1 Å². The Morgan fingerprint density at radius 2 is 1.72 bits per heavy atom. The smallest absolute Gasteiger partial charge is 0.251 e. The molecule has 98 valence electrons. The number of phenolic OH excluding ortho intramolecular Hbond substituents is 2. The van der Waals surface area contributed by atoms with Gasteiger partial charge in [-0.2, -0.15) is 0 Å². The highest BCUT2D eigenvalue weighted by atomic mass is 16.3. The van der Waals surface area contributed by atoms with E-state index in [9.17, 15) is 20.1 Å². The van der Waals surface area contributed by atoms with Crippen LogP contribution in [0, 0.1) is 0 Å². The van der Waals surface area contributed by atoms with Gasteiger partial charge in [-0.1, -0.05) is 12.8 Å². The van der Waals surface area contributed by atoms with Gasteiger partial charge in [-0.15, -0.1) is 0 Å². The van der Waals surface area contributed by atoms with Crippen LogP contribution in [-0.4, -0.2) is 33.4 Å². The number of amides is 1. The van der Waals surface area contributed by atoms with Crippen LogP contribution in [0.25, 0.3) is 0 Å². The third-order valence-corrected chi connectivity index (χ3v) is 3.21. The van der Waals surface area contributed by atoms with Gasteiger partial charge in [-0.3, -0.25) is 4.79 Å². The van der Waals surface area contributed by atoms with Crippen LogP contribution < -0.4 is 5.32 Å². The minimum absolute atomic E-state index is 0.163. The number of hydrogen-bond acceptors (Lipinski definition) is 4. The summed E-state index contributed by atoms with van der Waals surface area (Å²) in [4.78, 5) is 11.9. The number of carbonyl (C=O) groups excluding carboxylic acids is 1. The highest BCUT2D eigenvalue weighted by Crippen LogP contribution is 2.22. The molecular formula is C13H17NO4. The van der Waals surface area contributed by atoms with E-state index >= 15 is 0 Å². The summed E-state index contributed by atoms with van der Waals surface area (Å²) < 4.78 is 0. The van der Waals surface area contributed by atoms with Crippen LogP contribution in [0.5, 0.6) is 11.5 Å². The fourth-order valence-electron chi connectivity index (χ4n) is 2.26. The SMILES string of the molecule is O=C(N[C@@H]1CCCC[C@H]1O)c1cc(O)cc(O)c1. The van der Waals surface area contributed by atoms with E-state index < -0.39 is 12.0 Å². The van der Waals surface area contributed by atoms with Gasteiger partial charge in [0.2, 0.25) is 0 Å². The van der Waals surface area contributed by atoms with Gasteiger partial charge in [0.1, 0.15) is 11.5 Å². The van der Waals surface area contributed by atoms with Gasteiger partial charge in [-0.05, 0) is 25.0 Å². The molecule has 0 aliphatic heterocycles. The maximum absolute atomic E-state index is 11.9. The second-order valence-electron chi connectivity index (χ2n) is 4.67. The molecule has 5 heteroatoms. The summed E-state index contributed by atoms with van der Waals surface area (Å²) in [5.74, 6) is -0.721. The van der Waals surface area contributed by atoms with Crippen LogP contribution in [-0.2, 0) is 0 Å². The van der Waals surface area contributed by atoms with Crippen molar-refractivity contribution in [3.05, 3.63) is 23.8 Å². The quantitative estimate of drug-likeness (QED) is 0.634. The first kappa shape index (κ1) is 12.7. The second-order valence-corrected chi connectivity index (χ2v) is 4.67. The number of benzene rings is 1. The number of carbonyl (C=O) groups is 1. The Hall–Kier alpha value is -1.75. The third kappa shape index (κ3) is 2.92. The molecular weight excluding hydrogens is 234 g/mol. The van der Waals surface area contributed by atoms with Gasteiger partial charge in [0.25, 0.3) is 5.91 Å². The standard InChI is InChI=1S/C13H17NO4/c15-9-5-8(6-10(16)7-9)13(18)14-11-3-1-2-4-12(11)17/h5-7,11-12,15-17H,1-4H2,(H,14,18)/t11-,12-/m1/s1. The molecule has 1 fully saturated rings. The lowest BCUT2D eigenvalue weighted by atomic mass is 9.92. The van der Waals surface area contributed by atoms with Crippen molar-refractivity contribution >= 4 is 5.91 Å². The summed E-state index contributed by atoms with van der Waals surface area (Å²) >= 11 is 0. The zero-order valence-corrected chi connectivity index (χ0v) is 9.97. The highest BCUT2D eigenvalue weighted by molar-refractivity contribution is 5.95. The average Bonchev–Trinajstić information content (AvgIpc) is 2.31. The lowest BCUT2D eigenvalue weighted by molar-refractivity contribution is 0.0717. The van der Waals surface area contributed by atoms with Crippen molar-refractivity contribution in [2.45, 2.75) is 37.8 Å². The number of nitrogens with one attached hydrogen (secondary N) is 1. The van der Waals surface area contributed by atoms with Crippen molar-refractivity contribution < 1.29 is 20.1 Å². The fourth-order valence-corrected chi connectivity index (χ4v) is 2.26. The number of aliphatic hydroxyl groups excluding tert-OH is 1. The molecule has 1 aliphatic rings. The van der Waals surface area contributed by atoms with E-state index in [1.807, 2.05) is 0 Å². The summed E-state index contributed by atoms with van der Waals surface area (Å²) in [5.41, 5.74) is 0.185. The Balaban J connectivity index is 2.06. The van der Waals surface area contributed by atoms with Crippen molar-refractivity contribution in [3.8, 4) is 11.5 Å². The summed E-state index contributed by atoms with van der Waals surface area (Å²) in [6, 6.07) is 3.47. The molecule has 5 nitrogen and oxygen atoms in total. The first-order valence-electron chi connectivity index (χ1n) is 6.08. The molecule has 1 aromatic rings. The van der Waals surface area contributed by atoms with Crippen LogP contribution >= 0.6 is 0 Å². The highest BCUT2D eigenvalue weighted by Gasteiger charge is 2.25. The molecule has 18 heavy (non-hydrogen) atoms. The molecule has 1 aliphatic carbocycles. The predicted molar refractivity (Wildman–Crippen MR) is 65.5 cm³/mol. The first-order valence-corrected chi connectivity index (χ1v) is 6.08. The Morgan fingerprint density at radius 3 is 2.33 bits per heavy atom. The number of hydrogen-bond donors (Lipinski definition) is 4. The van der Waals surface area contributed by atoms with Gasteiger partial charge in [0.05, 0.1) is 12.1 Å². The Labute approximate surface area is 105 Å². The topological polar surface area (TPSA) is 89.8 Å². The van der Waals surface area contributed by atoms with Gasteiger partial charge in [0.15, 0.2) is 0 Å². The zero-order chi connectivity index (χ0) is 13.1. The lowest BCUT2D eigenvalue weighted by Gasteiger charge is -2.28. The number of phenols is 2. The molecule has 2 atom stereocenters. The van der Waals surface area contributed by atoms with E-state index in [0.717, 1.165) is 25.3 Å². The third-order valence-electron chi connectivity index (χ3n) is 3.21. The fraction of sp³-hybridized carbons (Fsp3) is 0.462. The molecule has 1 saturated carbocycles. The summed E-state index contributed by atoms with van der Waals surface area (Å²) in [5, 5.41) is 31.1. The summed E-state index contributed by atoms with van der Waals surface area (Å²) in [7, 11) is 0. The zero-order valence-electron chi connectivity index (χ0n) is 9.97. The molecule has 2 rings (SSSR count).